The minimum Gasteiger partial charge on any atom is -0.385 e. The summed E-state index contributed by atoms with van der Waals surface area (Å²) < 4.78 is 0. The van der Waals surface area contributed by atoms with E-state index in [1.165, 1.54) is 5.56 Å². The highest BCUT2D eigenvalue weighted by Gasteiger charge is 2.32. The quantitative estimate of drug-likeness (QED) is 0.825. The van der Waals surface area contributed by atoms with Crippen LogP contribution in [0.2, 0.25) is 0 Å². The SMILES string of the molecule is CN1CCC(O)(c2ccc(C(C)(C)C)cc2)CC1. The fourth-order valence-electron chi connectivity index (χ4n) is 2.56. The highest BCUT2D eigenvalue weighted by molar-refractivity contribution is 5.31. The van der Waals surface area contributed by atoms with E-state index in [1.54, 1.807) is 0 Å². The van der Waals surface area contributed by atoms with E-state index in [0.29, 0.717) is 0 Å². The Hall–Kier alpha value is -0.860. The van der Waals surface area contributed by atoms with Crippen molar-refractivity contribution in [2.45, 2.75) is 44.6 Å². The van der Waals surface area contributed by atoms with Gasteiger partial charge in [0.2, 0.25) is 0 Å². The Labute approximate surface area is 111 Å². The molecule has 18 heavy (non-hydrogen) atoms. The summed E-state index contributed by atoms with van der Waals surface area (Å²) in [5.74, 6) is 0. The van der Waals surface area contributed by atoms with E-state index in [9.17, 15) is 5.11 Å². The highest BCUT2D eigenvalue weighted by Crippen LogP contribution is 2.33. The molecule has 1 heterocycles. The third-order valence-corrected chi connectivity index (χ3v) is 4.10. The number of benzene rings is 1. The van der Waals surface area contributed by atoms with Crippen LogP contribution in [0.1, 0.15) is 44.7 Å². The molecule has 1 aromatic carbocycles. The molecule has 0 atom stereocenters. The summed E-state index contributed by atoms with van der Waals surface area (Å²) in [4.78, 5) is 2.28. The molecule has 0 bridgehead atoms. The van der Waals surface area contributed by atoms with Crippen molar-refractivity contribution in [2.24, 2.45) is 0 Å². The maximum Gasteiger partial charge on any atom is 0.0920 e. The average molecular weight is 247 g/mol. The lowest BCUT2D eigenvalue weighted by molar-refractivity contribution is -0.0203. The van der Waals surface area contributed by atoms with Crippen molar-refractivity contribution >= 4 is 0 Å². The maximum absolute atomic E-state index is 10.7. The number of hydrogen-bond acceptors (Lipinski definition) is 2. The van der Waals surface area contributed by atoms with Gasteiger partial charge in [0.1, 0.15) is 0 Å². The Morgan fingerprint density at radius 2 is 1.56 bits per heavy atom. The molecule has 1 fully saturated rings. The average Bonchev–Trinajstić information content (AvgIpc) is 2.32. The Balaban J connectivity index is 2.19. The minimum absolute atomic E-state index is 0.175. The zero-order valence-electron chi connectivity index (χ0n) is 12.0. The Bertz CT molecular complexity index is 394. The molecule has 1 N–H and O–H groups in total. The molecule has 0 aliphatic carbocycles. The first kappa shape index (κ1) is 13.6. The fourth-order valence-corrected chi connectivity index (χ4v) is 2.56. The third kappa shape index (κ3) is 2.76. The molecule has 0 radical (unpaired) electrons. The van der Waals surface area contributed by atoms with E-state index in [4.69, 9.17) is 0 Å². The molecular weight excluding hydrogens is 222 g/mol. The van der Waals surface area contributed by atoms with Crippen LogP contribution in [0.5, 0.6) is 0 Å². The van der Waals surface area contributed by atoms with Gasteiger partial charge in [0.05, 0.1) is 5.60 Å². The Morgan fingerprint density at radius 1 is 1.06 bits per heavy atom. The van der Waals surface area contributed by atoms with Crippen molar-refractivity contribution < 1.29 is 5.11 Å². The van der Waals surface area contributed by atoms with E-state index in [-0.39, 0.29) is 5.41 Å². The number of aliphatic hydroxyl groups is 1. The highest BCUT2D eigenvalue weighted by atomic mass is 16.3. The van der Waals surface area contributed by atoms with Crippen LogP contribution in [0.3, 0.4) is 0 Å². The number of likely N-dealkylation sites (tertiary alicyclic amines) is 1. The van der Waals surface area contributed by atoms with E-state index in [2.05, 4.69) is 57.0 Å². The second-order valence-corrected chi connectivity index (χ2v) is 6.66. The van der Waals surface area contributed by atoms with Crippen molar-refractivity contribution in [3.8, 4) is 0 Å². The molecule has 1 aliphatic heterocycles. The van der Waals surface area contributed by atoms with Gasteiger partial charge in [-0.15, -0.1) is 0 Å². The fraction of sp³-hybridized carbons (Fsp3) is 0.625. The van der Waals surface area contributed by atoms with Crippen molar-refractivity contribution in [1.29, 1.82) is 0 Å². The van der Waals surface area contributed by atoms with Crippen molar-refractivity contribution in [3.63, 3.8) is 0 Å². The van der Waals surface area contributed by atoms with E-state index >= 15 is 0 Å². The van der Waals surface area contributed by atoms with Gasteiger partial charge in [-0.3, -0.25) is 0 Å². The van der Waals surface area contributed by atoms with Crippen LogP contribution in [-0.4, -0.2) is 30.1 Å². The van der Waals surface area contributed by atoms with Gasteiger partial charge in [0.15, 0.2) is 0 Å². The summed E-state index contributed by atoms with van der Waals surface area (Å²) in [6.45, 7) is 8.58. The van der Waals surface area contributed by atoms with Gasteiger partial charge in [0.25, 0.3) is 0 Å². The van der Waals surface area contributed by atoms with Crippen LogP contribution in [0, 0.1) is 0 Å². The summed E-state index contributed by atoms with van der Waals surface area (Å²) in [6, 6.07) is 8.52. The Morgan fingerprint density at radius 3 is 2.00 bits per heavy atom. The van der Waals surface area contributed by atoms with Crippen molar-refractivity contribution in [2.75, 3.05) is 20.1 Å². The summed E-state index contributed by atoms with van der Waals surface area (Å²) in [5.41, 5.74) is 1.95. The van der Waals surface area contributed by atoms with Gasteiger partial charge in [-0.2, -0.15) is 0 Å². The maximum atomic E-state index is 10.7. The molecule has 0 spiro atoms. The second kappa shape index (κ2) is 4.67. The molecule has 1 saturated heterocycles. The van der Waals surface area contributed by atoms with Gasteiger partial charge in [-0.1, -0.05) is 45.0 Å². The predicted octanol–water partition coefficient (Wildman–Crippen LogP) is 2.90. The molecule has 0 amide bonds. The lowest BCUT2D eigenvalue weighted by Gasteiger charge is -2.37. The molecule has 0 saturated carbocycles. The number of piperidine rings is 1. The van der Waals surface area contributed by atoms with Crippen LogP contribution in [-0.2, 0) is 11.0 Å². The minimum atomic E-state index is -0.622. The first-order valence-electron chi connectivity index (χ1n) is 6.83. The normalized spacial score (nSPS) is 20.9. The van der Waals surface area contributed by atoms with Crippen LogP contribution in [0.25, 0.3) is 0 Å². The smallest absolute Gasteiger partial charge is 0.0920 e. The zero-order valence-corrected chi connectivity index (χ0v) is 12.0. The number of hydrogen-bond donors (Lipinski definition) is 1. The number of nitrogens with zero attached hydrogens (tertiary/aromatic N) is 1. The van der Waals surface area contributed by atoms with Gasteiger partial charge in [-0.25, -0.2) is 0 Å². The lowest BCUT2D eigenvalue weighted by atomic mass is 9.81. The molecule has 1 aliphatic rings. The molecule has 100 valence electrons. The van der Waals surface area contributed by atoms with Crippen LogP contribution >= 0.6 is 0 Å². The topological polar surface area (TPSA) is 23.5 Å². The van der Waals surface area contributed by atoms with Gasteiger partial charge in [0, 0.05) is 13.1 Å². The molecular formula is C16H25NO. The summed E-state index contributed by atoms with van der Waals surface area (Å²) in [5, 5.41) is 10.7. The molecule has 0 aromatic heterocycles. The lowest BCUT2D eigenvalue weighted by Crippen LogP contribution is -2.40. The van der Waals surface area contributed by atoms with Crippen LogP contribution in [0.15, 0.2) is 24.3 Å². The molecule has 2 nitrogen and oxygen atoms in total. The van der Waals surface area contributed by atoms with Gasteiger partial charge >= 0.3 is 0 Å². The molecule has 0 unspecified atom stereocenters. The molecule has 2 heteroatoms. The van der Waals surface area contributed by atoms with E-state index in [1.807, 2.05) is 0 Å². The molecule has 1 aromatic rings. The monoisotopic (exact) mass is 247 g/mol. The summed E-state index contributed by atoms with van der Waals surface area (Å²) in [7, 11) is 2.11. The summed E-state index contributed by atoms with van der Waals surface area (Å²) in [6.07, 6.45) is 1.66. The van der Waals surface area contributed by atoms with Crippen molar-refractivity contribution in [1.82, 2.24) is 4.90 Å². The first-order valence-corrected chi connectivity index (χ1v) is 6.83. The second-order valence-electron chi connectivity index (χ2n) is 6.66. The van der Waals surface area contributed by atoms with Gasteiger partial charge in [-0.05, 0) is 36.4 Å². The van der Waals surface area contributed by atoms with Gasteiger partial charge < -0.3 is 10.0 Å². The first-order chi connectivity index (χ1) is 8.31. The van der Waals surface area contributed by atoms with E-state index < -0.39 is 5.60 Å². The predicted molar refractivity (Wildman–Crippen MR) is 75.8 cm³/mol. The van der Waals surface area contributed by atoms with Crippen LogP contribution in [0.4, 0.5) is 0 Å². The molecule has 2 rings (SSSR count). The summed E-state index contributed by atoms with van der Waals surface area (Å²) >= 11 is 0. The van der Waals surface area contributed by atoms with E-state index in [0.717, 1.165) is 31.5 Å². The number of rotatable bonds is 1. The van der Waals surface area contributed by atoms with Crippen LogP contribution < -0.4 is 0 Å². The standard InChI is InChI=1S/C16H25NO/c1-15(2,3)13-5-7-14(8-6-13)16(18)9-11-17(4)12-10-16/h5-8,18H,9-12H2,1-4H3. The largest absolute Gasteiger partial charge is 0.385 e. The zero-order chi connectivity index (χ0) is 13.4. The Kier molecular flexibility index (Phi) is 3.52. The van der Waals surface area contributed by atoms with Crippen molar-refractivity contribution in [3.05, 3.63) is 35.4 Å². The third-order valence-electron chi connectivity index (χ3n) is 4.10.